The third kappa shape index (κ3) is 2.93. The summed E-state index contributed by atoms with van der Waals surface area (Å²) >= 11 is 0. The van der Waals surface area contributed by atoms with Crippen molar-refractivity contribution < 1.29 is 4.79 Å². The van der Waals surface area contributed by atoms with Crippen LogP contribution in [-0.2, 0) is 24.1 Å². The molecule has 0 saturated carbocycles. The molecule has 1 atom stereocenters. The van der Waals surface area contributed by atoms with E-state index in [9.17, 15) is 9.59 Å². The Morgan fingerprint density at radius 2 is 2.27 bits per heavy atom. The topological polar surface area (TPSA) is 104 Å². The number of nitrogens with one attached hydrogen (secondary N) is 3. The minimum absolute atomic E-state index is 0.0563. The van der Waals surface area contributed by atoms with E-state index in [0.29, 0.717) is 17.1 Å². The van der Waals surface area contributed by atoms with Gasteiger partial charge in [0.1, 0.15) is 5.82 Å². The summed E-state index contributed by atoms with van der Waals surface area (Å²) in [5, 5.41) is 9.99. The zero-order valence-corrected chi connectivity index (χ0v) is 12.7. The van der Waals surface area contributed by atoms with Gasteiger partial charge in [-0.1, -0.05) is 0 Å². The molecular weight excluding hydrogens is 282 g/mol. The Kier molecular flexibility index (Phi) is 3.79. The smallest absolute Gasteiger partial charge is 0.254 e. The Balaban J connectivity index is 1.66. The van der Waals surface area contributed by atoms with Crippen molar-refractivity contribution in [2.24, 2.45) is 0 Å². The molecule has 22 heavy (non-hydrogen) atoms. The number of carbonyl (C=O) groups excluding carboxylic acids is 1. The van der Waals surface area contributed by atoms with Crippen LogP contribution in [-0.4, -0.2) is 32.1 Å². The van der Waals surface area contributed by atoms with Crippen molar-refractivity contribution in [3.63, 3.8) is 0 Å². The highest BCUT2D eigenvalue weighted by Gasteiger charge is 2.22. The Bertz CT molecular complexity index is 762. The van der Waals surface area contributed by atoms with Gasteiger partial charge in [0.05, 0.1) is 12.6 Å². The maximum absolute atomic E-state index is 12.2. The van der Waals surface area contributed by atoms with Gasteiger partial charge in [-0.05, 0) is 32.3 Å². The summed E-state index contributed by atoms with van der Waals surface area (Å²) in [5.41, 5.74) is 3.11. The molecule has 2 aromatic heterocycles. The zero-order chi connectivity index (χ0) is 15.7. The Morgan fingerprint density at radius 1 is 1.45 bits per heavy atom. The minimum Gasteiger partial charge on any atom is -0.353 e. The lowest BCUT2D eigenvalue weighted by molar-refractivity contribution is -0.121. The van der Waals surface area contributed by atoms with Gasteiger partial charge in [0.15, 0.2) is 0 Å². The molecule has 0 fully saturated rings. The Morgan fingerprint density at radius 3 is 3.05 bits per heavy atom. The zero-order valence-electron chi connectivity index (χ0n) is 12.7. The average molecular weight is 301 g/mol. The van der Waals surface area contributed by atoms with Crippen LogP contribution in [0.4, 0.5) is 0 Å². The number of nitrogens with zero attached hydrogens (tertiary/aromatic N) is 2. The minimum atomic E-state index is -0.236. The quantitative estimate of drug-likeness (QED) is 0.759. The van der Waals surface area contributed by atoms with Gasteiger partial charge in [0.2, 0.25) is 5.91 Å². The lowest BCUT2D eigenvalue weighted by Gasteiger charge is -2.22. The van der Waals surface area contributed by atoms with Gasteiger partial charge in [-0.25, -0.2) is 4.98 Å². The van der Waals surface area contributed by atoms with Crippen LogP contribution in [0.15, 0.2) is 11.0 Å². The van der Waals surface area contributed by atoms with Gasteiger partial charge < -0.3 is 10.3 Å². The number of fused-ring (bicyclic) bond motifs is 1. The van der Waals surface area contributed by atoms with E-state index in [2.05, 4.69) is 25.5 Å². The lowest BCUT2D eigenvalue weighted by Crippen LogP contribution is -2.40. The van der Waals surface area contributed by atoms with Crippen LogP contribution in [0.3, 0.4) is 0 Å². The van der Waals surface area contributed by atoms with Crippen LogP contribution in [0.5, 0.6) is 0 Å². The Labute approximate surface area is 127 Å². The summed E-state index contributed by atoms with van der Waals surface area (Å²) in [5.74, 6) is 0.415. The Hall–Kier alpha value is -2.44. The van der Waals surface area contributed by atoms with Gasteiger partial charge in [-0.3, -0.25) is 14.7 Å². The van der Waals surface area contributed by atoms with Crippen molar-refractivity contribution in [2.75, 3.05) is 0 Å². The van der Waals surface area contributed by atoms with E-state index in [1.54, 1.807) is 13.8 Å². The SMILES string of the molecule is Cc1nc(C)c(CC(=O)N[C@H]2CCc3cn[nH]c3C2)c(=O)[nH]1. The van der Waals surface area contributed by atoms with Crippen LogP contribution < -0.4 is 10.9 Å². The third-order valence-electron chi connectivity index (χ3n) is 4.06. The number of H-pyrrole nitrogens is 2. The number of hydrogen-bond donors (Lipinski definition) is 3. The summed E-state index contributed by atoms with van der Waals surface area (Å²) in [4.78, 5) is 31.0. The molecule has 7 heteroatoms. The number of aromatic amines is 2. The van der Waals surface area contributed by atoms with Crippen molar-refractivity contribution in [1.82, 2.24) is 25.5 Å². The van der Waals surface area contributed by atoms with E-state index in [-0.39, 0.29) is 23.9 Å². The fourth-order valence-electron chi connectivity index (χ4n) is 2.93. The molecule has 0 radical (unpaired) electrons. The molecule has 1 aliphatic carbocycles. The van der Waals surface area contributed by atoms with Crippen LogP contribution in [0.1, 0.15) is 34.8 Å². The summed E-state index contributed by atoms with van der Waals surface area (Å²) in [6, 6.07) is 0.0817. The predicted molar refractivity (Wildman–Crippen MR) is 80.6 cm³/mol. The summed E-state index contributed by atoms with van der Waals surface area (Å²) in [6.07, 6.45) is 4.44. The van der Waals surface area contributed by atoms with Crippen LogP contribution >= 0.6 is 0 Å². The second-order valence-corrected chi connectivity index (χ2v) is 5.77. The maximum Gasteiger partial charge on any atom is 0.254 e. The fraction of sp³-hybridized carbons (Fsp3) is 0.467. The molecular formula is C15H19N5O2. The number of aromatic nitrogens is 4. The first-order valence-electron chi connectivity index (χ1n) is 7.40. The molecule has 0 aliphatic heterocycles. The van der Waals surface area contributed by atoms with E-state index in [1.807, 2.05) is 6.20 Å². The van der Waals surface area contributed by atoms with E-state index < -0.39 is 0 Å². The lowest BCUT2D eigenvalue weighted by atomic mass is 9.93. The van der Waals surface area contributed by atoms with Crippen molar-refractivity contribution >= 4 is 5.91 Å². The van der Waals surface area contributed by atoms with Gasteiger partial charge in [0, 0.05) is 29.4 Å². The number of amides is 1. The molecule has 3 rings (SSSR count). The second kappa shape index (κ2) is 5.75. The molecule has 0 saturated heterocycles. The van der Waals surface area contributed by atoms with Crippen LogP contribution in [0.25, 0.3) is 0 Å². The maximum atomic E-state index is 12.2. The molecule has 0 spiro atoms. The third-order valence-corrected chi connectivity index (χ3v) is 4.06. The number of aryl methyl sites for hydroxylation is 3. The molecule has 2 heterocycles. The summed E-state index contributed by atoms with van der Waals surface area (Å²) in [6.45, 7) is 3.48. The van der Waals surface area contributed by atoms with Gasteiger partial charge in [-0.15, -0.1) is 0 Å². The van der Waals surface area contributed by atoms with Gasteiger partial charge in [-0.2, -0.15) is 5.10 Å². The van der Waals surface area contributed by atoms with Crippen LogP contribution in [0.2, 0.25) is 0 Å². The molecule has 0 unspecified atom stereocenters. The molecule has 0 aromatic carbocycles. The molecule has 1 aliphatic rings. The molecule has 1 amide bonds. The van der Waals surface area contributed by atoms with Crippen molar-refractivity contribution in [3.8, 4) is 0 Å². The van der Waals surface area contributed by atoms with E-state index in [1.165, 1.54) is 5.56 Å². The number of rotatable bonds is 3. The molecule has 7 nitrogen and oxygen atoms in total. The first kappa shape index (κ1) is 14.5. The van der Waals surface area contributed by atoms with E-state index >= 15 is 0 Å². The predicted octanol–water partition coefficient (Wildman–Crippen LogP) is 0.326. The van der Waals surface area contributed by atoms with Crippen molar-refractivity contribution in [3.05, 3.63) is 44.9 Å². The van der Waals surface area contributed by atoms with E-state index in [0.717, 1.165) is 25.0 Å². The van der Waals surface area contributed by atoms with Crippen molar-refractivity contribution in [1.29, 1.82) is 0 Å². The standard InChI is InChI=1S/C15H19N5O2/c1-8-12(15(22)18-9(2)17-8)6-14(21)19-11-4-3-10-7-16-20-13(10)5-11/h7,11H,3-6H2,1-2H3,(H,16,20)(H,19,21)(H,17,18,22)/t11-/m0/s1. The number of hydrogen-bond acceptors (Lipinski definition) is 4. The molecule has 3 N–H and O–H groups in total. The van der Waals surface area contributed by atoms with Crippen molar-refractivity contribution in [2.45, 2.75) is 45.6 Å². The largest absolute Gasteiger partial charge is 0.353 e. The highest BCUT2D eigenvalue weighted by atomic mass is 16.2. The molecule has 2 aromatic rings. The first-order valence-corrected chi connectivity index (χ1v) is 7.40. The summed E-state index contributed by atoms with van der Waals surface area (Å²) in [7, 11) is 0. The highest BCUT2D eigenvalue weighted by molar-refractivity contribution is 5.79. The normalized spacial score (nSPS) is 17.1. The van der Waals surface area contributed by atoms with Gasteiger partial charge >= 0.3 is 0 Å². The molecule has 116 valence electrons. The van der Waals surface area contributed by atoms with E-state index in [4.69, 9.17) is 0 Å². The van der Waals surface area contributed by atoms with Crippen LogP contribution in [0, 0.1) is 13.8 Å². The fourth-order valence-corrected chi connectivity index (χ4v) is 2.93. The number of carbonyl (C=O) groups is 1. The van der Waals surface area contributed by atoms with Gasteiger partial charge in [0.25, 0.3) is 5.56 Å². The average Bonchev–Trinajstić information content (AvgIpc) is 2.90. The first-order chi connectivity index (χ1) is 10.5. The summed E-state index contributed by atoms with van der Waals surface area (Å²) < 4.78 is 0. The second-order valence-electron chi connectivity index (χ2n) is 5.77. The monoisotopic (exact) mass is 301 g/mol. The highest BCUT2D eigenvalue weighted by Crippen LogP contribution is 2.18. The molecule has 0 bridgehead atoms.